The molecule has 0 fully saturated rings. The Morgan fingerprint density at radius 3 is 2.25 bits per heavy atom. The average Bonchev–Trinajstić information content (AvgIpc) is 2.21. The fourth-order valence-electron chi connectivity index (χ4n) is 1.81. The van der Waals surface area contributed by atoms with Gasteiger partial charge in [-0.3, -0.25) is 0 Å². The standard InChI is InChI=1S/C12H27NO2S/c1-5-13-10-12(9-11(3)4)7-8-16(14,15)6-2/h11-13H,5-10H2,1-4H3. The van der Waals surface area contributed by atoms with Crippen LogP contribution in [0.4, 0.5) is 0 Å². The predicted molar refractivity (Wildman–Crippen MR) is 70.4 cm³/mol. The predicted octanol–water partition coefficient (Wildman–Crippen LogP) is 2.08. The molecule has 0 heterocycles. The molecule has 0 amide bonds. The van der Waals surface area contributed by atoms with E-state index in [1.165, 1.54) is 0 Å². The van der Waals surface area contributed by atoms with Crippen molar-refractivity contribution < 1.29 is 8.42 Å². The molecule has 1 atom stereocenters. The SMILES string of the molecule is CCNCC(CCS(=O)(=O)CC)CC(C)C. The summed E-state index contributed by atoms with van der Waals surface area (Å²) in [7, 11) is -2.80. The van der Waals surface area contributed by atoms with Crippen molar-refractivity contribution in [3.05, 3.63) is 0 Å². The summed E-state index contributed by atoms with van der Waals surface area (Å²) in [6, 6.07) is 0. The second-order valence-electron chi connectivity index (χ2n) is 4.83. The first-order valence-electron chi connectivity index (χ1n) is 6.32. The maximum Gasteiger partial charge on any atom is 0.150 e. The highest BCUT2D eigenvalue weighted by Crippen LogP contribution is 2.15. The lowest BCUT2D eigenvalue weighted by atomic mass is 9.95. The summed E-state index contributed by atoms with van der Waals surface area (Å²) in [4.78, 5) is 0. The third kappa shape index (κ3) is 8.11. The summed E-state index contributed by atoms with van der Waals surface area (Å²) in [5, 5.41) is 3.31. The van der Waals surface area contributed by atoms with Crippen LogP contribution in [0.5, 0.6) is 0 Å². The quantitative estimate of drug-likeness (QED) is 0.680. The van der Waals surface area contributed by atoms with Crippen molar-refractivity contribution in [3.8, 4) is 0 Å². The smallest absolute Gasteiger partial charge is 0.150 e. The van der Waals surface area contributed by atoms with Gasteiger partial charge in [0.2, 0.25) is 0 Å². The number of sulfone groups is 1. The molecule has 0 aromatic heterocycles. The van der Waals surface area contributed by atoms with Gasteiger partial charge in [0.25, 0.3) is 0 Å². The lowest BCUT2D eigenvalue weighted by Gasteiger charge is -2.19. The Hall–Kier alpha value is -0.0900. The first-order valence-corrected chi connectivity index (χ1v) is 8.14. The highest BCUT2D eigenvalue weighted by molar-refractivity contribution is 7.91. The van der Waals surface area contributed by atoms with Crippen molar-refractivity contribution in [2.24, 2.45) is 11.8 Å². The van der Waals surface area contributed by atoms with Crippen molar-refractivity contribution in [1.29, 1.82) is 0 Å². The van der Waals surface area contributed by atoms with Crippen LogP contribution in [0.2, 0.25) is 0 Å². The number of hydrogen-bond donors (Lipinski definition) is 1. The molecule has 98 valence electrons. The first kappa shape index (κ1) is 15.9. The maximum atomic E-state index is 11.4. The van der Waals surface area contributed by atoms with Gasteiger partial charge in [0.15, 0.2) is 0 Å². The van der Waals surface area contributed by atoms with Crippen LogP contribution >= 0.6 is 0 Å². The molecule has 0 aromatic carbocycles. The van der Waals surface area contributed by atoms with Crippen molar-refractivity contribution in [2.45, 2.75) is 40.5 Å². The molecule has 0 bridgehead atoms. The van der Waals surface area contributed by atoms with Gasteiger partial charge in [0, 0.05) is 5.75 Å². The second-order valence-corrected chi connectivity index (χ2v) is 7.30. The summed E-state index contributed by atoms with van der Waals surface area (Å²) in [5.74, 6) is 1.73. The zero-order valence-electron chi connectivity index (χ0n) is 11.1. The largest absolute Gasteiger partial charge is 0.317 e. The van der Waals surface area contributed by atoms with Crippen LogP contribution in [0.15, 0.2) is 0 Å². The van der Waals surface area contributed by atoms with Gasteiger partial charge in [-0.25, -0.2) is 8.42 Å². The van der Waals surface area contributed by atoms with E-state index in [0.29, 0.717) is 17.6 Å². The normalized spacial score (nSPS) is 14.3. The molecule has 0 aromatic rings. The van der Waals surface area contributed by atoms with Crippen LogP contribution in [0, 0.1) is 11.8 Å². The van der Waals surface area contributed by atoms with Crippen LogP contribution in [0.3, 0.4) is 0 Å². The van der Waals surface area contributed by atoms with Gasteiger partial charge in [0.1, 0.15) is 9.84 Å². The highest BCUT2D eigenvalue weighted by atomic mass is 32.2. The molecule has 0 aliphatic heterocycles. The summed E-state index contributed by atoms with van der Waals surface area (Å²) in [6.45, 7) is 10.1. The monoisotopic (exact) mass is 249 g/mol. The molecular formula is C12H27NO2S. The fraction of sp³-hybridized carbons (Fsp3) is 1.00. The molecule has 0 saturated heterocycles. The van der Waals surface area contributed by atoms with E-state index in [1.54, 1.807) is 6.92 Å². The van der Waals surface area contributed by atoms with Crippen molar-refractivity contribution in [2.75, 3.05) is 24.6 Å². The summed E-state index contributed by atoms with van der Waals surface area (Å²) in [5.41, 5.74) is 0. The minimum Gasteiger partial charge on any atom is -0.317 e. The van der Waals surface area contributed by atoms with Crippen molar-refractivity contribution in [3.63, 3.8) is 0 Å². The lowest BCUT2D eigenvalue weighted by molar-refractivity contribution is 0.381. The number of hydrogen-bond acceptors (Lipinski definition) is 3. The van der Waals surface area contributed by atoms with Gasteiger partial charge in [-0.05, 0) is 37.8 Å². The minimum atomic E-state index is -2.80. The minimum absolute atomic E-state index is 0.266. The maximum absolute atomic E-state index is 11.4. The molecule has 1 unspecified atom stereocenters. The molecule has 4 heteroatoms. The third-order valence-electron chi connectivity index (χ3n) is 2.76. The van der Waals surface area contributed by atoms with Crippen LogP contribution in [0.1, 0.15) is 40.5 Å². The highest BCUT2D eigenvalue weighted by Gasteiger charge is 2.15. The Kier molecular flexibility index (Phi) is 8.02. The van der Waals surface area contributed by atoms with Gasteiger partial charge in [-0.15, -0.1) is 0 Å². The van der Waals surface area contributed by atoms with Crippen molar-refractivity contribution >= 4 is 9.84 Å². The van der Waals surface area contributed by atoms with Gasteiger partial charge in [-0.2, -0.15) is 0 Å². The van der Waals surface area contributed by atoms with Crippen LogP contribution < -0.4 is 5.32 Å². The molecule has 1 N–H and O–H groups in total. The fourth-order valence-corrected chi connectivity index (χ4v) is 2.79. The molecule has 0 radical (unpaired) electrons. The molecule has 0 aliphatic carbocycles. The van der Waals surface area contributed by atoms with E-state index >= 15 is 0 Å². The molecule has 0 rings (SSSR count). The molecule has 0 spiro atoms. The van der Waals surface area contributed by atoms with Gasteiger partial charge >= 0.3 is 0 Å². The Morgan fingerprint density at radius 2 is 1.81 bits per heavy atom. The summed E-state index contributed by atoms with van der Waals surface area (Å²) in [6.07, 6.45) is 1.90. The summed E-state index contributed by atoms with van der Waals surface area (Å²) >= 11 is 0. The Bertz CT molecular complexity index is 260. The lowest BCUT2D eigenvalue weighted by Crippen LogP contribution is -2.25. The Balaban J connectivity index is 4.10. The molecule has 0 saturated carbocycles. The third-order valence-corrected chi connectivity index (χ3v) is 4.50. The van der Waals surface area contributed by atoms with Crippen LogP contribution in [-0.4, -0.2) is 33.0 Å². The van der Waals surface area contributed by atoms with E-state index < -0.39 is 9.84 Å². The van der Waals surface area contributed by atoms with E-state index in [9.17, 15) is 8.42 Å². The van der Waals surface area contributed by atoms with E-state index in [2.05, 4.69) is 26.1 Å². The zero-order chi connectivity index (χ0) is 12.6. The number of rotatable bonds is 9. The van der Waals surface area contributed by atoms with E-state index in [-0.39, 0.29) is 5.75 Å². The van der Waals surface area contributed by atoms with E-state index in [4.69, 9.17) is 0 Å². The van der Waals surface area contributed by atoms with Crippen LogP contribution in [-0.2, 0) is 9.84 Å². The average molecular weight is 249 g/mol. The molecular weight excluding hydrogens is 222 g/mol. The van der Waals surface area contributed by atoms with Crippen LogP contribution in [0.25, 0.3) is 0 Å². The first-order chi connectivity index (χ1) is 7.41. The van der Waals surface area contributed by atoms with Crippen molar-refractivity contribution in [1.82, 2.24) is 5.32 Å². The number of nitrogens with one attached hydrogen (secondary N) is 1. The zero-order valence-corrected chi connectivity index (χ0v) is 11.9. The Labute approximate surface area is 101 Å². The molecule has 16 heavy (non-hydrogen) atoms. The van der Waals surface area contributed by atoms with E-state index in [1.807, 2.05) is 0 Å². The molecule has 0 aliphatic rings. The second kappa shape index (κ2) is 8.07. The van der Waals surface area contributed by atoms with Gasteiger partial charge in [-0.1, -0.05) is 27.7 Å². The topological polar surface area (TPSA) is 46.2 Å². The summed E-state index contributed by atoms with van der Waals surface area (Å²) < 4.78 is 22.9. The Morgan fingerprint density at radius 1 is 1.19 bits per heavy atom. The molecule has 3 nitrogen and oxygen atoms in total. The van der Waals surface area contributed by atoms with E-state index in [0.717, 1.165) is 25.9 Å². The van der Waals surface area contributed by atoms with Gasteiger partial charge < -0.3 is 5.32 Å². The van der Waals surface area contributed by atoms with Gasteiger partial charge in [0.05, 0.1) is 5.75 Å².